The Bertz CT molecular complexity index is 884. The topological polar surface area (TPSA) is 57.8 Å². The summed E-state index contributed by atoms with van der Waals surface area (Å²) >= 11 is 1.49. The van der Waals surface area contributed by atoms with Crippen LogP contribution in [0.1, 0.15) is 35.0 Å². The molecule has 136 valence electrons. The maximum atomic E-state index is 12.7. The van der Waals surface area contributed by atoms with Crippen LogP contribution in [-0.4, -0.2) is 16.1 Å². The summed E-state index contributed by atoms with van der Waals surface area (Å²) in [7, 11) is 0. The Kier molecular flexibility index (Phi) is 5.13. The lowest BCUT2D eigenvalue weighted by Gasteiger charge is -2.09. The second-order valence-corrected chi connectivity index (χ2v) is 6.63. The average Bonchev–Trinajstić information content (AvgIpc) is 3.25. The number of H-pyrrole nitrogens is 1. The number of thiophene rings is 1. The highest BCUT2D eigenvalue weighted by Crippen LogP contribution is 2.33. The number of benzene rings is 1. The van der Waals surface area contributed by atoms with E-state index in [0.717, 1.165) is 29.1 Å². The third-order valence-electron chi connectivity index (χ3n) is 3.81. The van der Waals surface area contributed by atoms with E-state index in [4.69, 9.17) is 0 Å². The van der Waals surface area contributed by atoms with Gasteiger partial charge in [-0.05, 0) is 42.1 Å². The number of aromatic nitrogens is 2. The predicted molar refractivity (Wildman–Crippen MR) is 95.3 cm³/mol. The number of nitrogens with one attached hydrogen (secondary N) is 2. The highest BCUT2D eigenvalue weighted by Gasteiger charge is 2.30. The fourth-order valence-corrected chi connectivity index (χ4v) is 3.25. The van der Waals surface area contributed by atoms with Gasteiger partial charge in [-0.1, -0.05) is 19.4 Å². The fourth-order valence-electron chi connectivity index (χ4n) is 2.53. The minimum Gasteiger partial charge on any atom is -0.319 e. The molecule has 8 heteroatoms. The van der Waals surface area contributed by atoms with Gasteiger partial charge in [-0.25, -0.2) is 0 Å². The van der Waals surface area contributed by atoms with Crippen LogP contribution in [0.4, 0.5) is 18.9 Å². The van der Waals surface area contributed by atoms with Crippen molar-refractivity contribution in [2.24, 2.45) is 0 Å². The zero-order valence-corrected chi connectivity index (χ0v) is 14.7. The van der Waals surface area contributed by atoms with Crippen LogP contribution in [0.2, 0.25) is 0 Å². The van der Waals surface area contributed by atoms with Gasteiger partial charge in [0.15, 0.2) is 0 Å². The van der Waals surface area contributed by atoms with E-state index in [1.54, 1.807) is 0 Å². The molecule has 0 saturated carbocycles. The van der Waals surface area contributed by atoms with Crippen LogP contribution in [0, 0.1) is 0 Å². The molecule has 1 aromatic carbocycles. The summed E-state index contributed by atoms with van der Waals surface area (Å²) in [6, 6.07) is 7.92. The zero-order valence-electron chi connectivity index (χ0n) is 13.9. The van der Waals surface area contributed by atoms with Crippen LogP contribution in [0.3, 0.4) is 0 Å². The summed E-state index contributed by atoms with van der Waals surface area (Å²) in [6.45, 7) is 2.01. The van der Waals surface area contributed by atoms with Crippen molar-refractivity contribution < 1.29 is 18.0 Å². The van der Waals surface area contributed by atoms with Gasteiger partial charge in [0.05, 0.1) is 21.8 Å². The van der Waals surface area contributed by atoms with Crippen LogP contribution in [0.15, 0.2) is 41.8 Å². The van der Waals surface area contributed by atoms with Crippen molar-refractivity contribution in [1.82, 2.24) is 10.2 Å². The minimum absolute atomic E-state index is 0.152. The Morgan fingerprint density at radius 3 is 2.54 bits per heavy atom. The summed E-state index contributed by atoms with van der Waals surface area (Å²) in [5.41, 5.74) is 1.35. The summed E-state index contributed by atoms with van der Waals surface area (Å²) in [6.07, 6.45) is -2.88. The Hall–Kier alpha value is -2.61. The zero-order chi connectivity index (χ0) is 18.7. The molecular weight excluding hydrogens is 363 g/mol. The number of aromatic amines is 1. The Balaban J connectivity index is 1.88. The van der Waals surface area contributed by atoms with Gasteiger partial charge in [0.1, 0.15) is 5.69 Å². The van der Waals surface area contributed by atoms with Crippen molar-refractivity contribution in [3.8, 4) is 10.6 Å². The van der Waals surface area contributed by atoms with Gasteiger partial charge in [0, 0.05) is 5.56 Å². The van der Waals surface area contributed by atoms with Gasteiger partial charge in [0.2, 0.25) is 0 Å². The number of hydrogen-bond donors (Lipinski definition) is 2. The molecule has 0 spiro atoms. The largest absolute Gasteiger partial charge is 0.416 e. The van der Waals surface area contributed by atoms with E-state index in [9.17, 15) is 18.0 Å². The van der Waals surface area contributed by atoms with E-state index in [0.29, 0.717) is 17.8 Å². The van der Waals surface area contributed by atoms with E-state index in [1.165, 1.54) is 23.5 Å². The molecule has 1 amide bonds. The third-order valence-corrected chi connectivity index (χ3v) is 4.69. The number of rotatable bonds is 5. The van der Waals surface area contributed by atoms with Gasteiger partial charge in [-0.3, -0.25) is 9.89 Å². The van der Waals surface area contributed by atoms with Crippen LogP contribution in [0.5, 0.6) is 0 Å². The molecule has 0 aliphatic carbocycles. The number of halogens is 3. The van der Waals surface area contributed by atoms with Crippen molar-refractivity contribution in [3.05, 3.63) is 58.6 Å². The van der Waals surface area contributed by atoms with Crippen molar-refractivity contribution >= 4 is 22.9 Å². The molecule has 2 aromatic heterocycles. The molecular formula is C18H16F3N3OS. The number of alkyl halides is 3. The second kappa shape index (κ2) is 7.33. The molecule has 3 aromatic rings. The standard InChI is InChI=1S/C18H16F3N3OS/c1-2-4-13-15(16(24-23-13)14-5-3-10-26-14)22-17(25)11-6-8-12(9-7-11)18(19,20)21/h3,5-10H,2,4H2,1H3,(H,22,25)(H,23,24). The normalized spacial score (nSPS) is 11.5. The van der Waals surface area contributed by atoms with E-state index in [-0.39, 0.29) is 5.56 Å². The van der Waals surface area contributed by atoms with Gasteiger partial charge < -0.3 is 5.32 Å². The van der Waals surface area contributed by atoms with Crippen LogP contribution in [-0.2, 0) is 12.6 Å². The van der Waals surface area contributed by atoms with Gasteiger partial charge >= 0.3 is 6.18 Å². The van der Waals surface area contributed by atoms with Gasteiger partial charge in [-0.2, -0.15) is 18.3 Å². The number of carbonyl (C=O) groups excluding carboxylic acids is 1. The van der Waals surface area contributed by atoms with Gasteiger partial charge in [-0.15, -0.1) is 11.3 Å². The summed E-state index contributed by atoms with van der Waals surface area (Å²) in [4.78, 5) is 13.4. The molecule has 0 radical (unpaired) electrons. The number of aryl methyl sites for hydroxylation is 1. The average molecular weight is 379 g/mol. The molecule has 0 aliphatic heterocycles. The third kappa shape index (κ3) is 3.80. The number of carbonyl (C=O) groups is 1. The lowest BCUT2D eigenvalue weighted by atomic mass is 10.1. The summed E-state index contributed by atoms with van der Waals surface area (Å²) in [5, 5.41) is 11.9. The van der Waals surface area contributed by atoms with Gasteiger partial charge in [0.25, 0.3) is 5.91 Å². The molecule has 4 nitrogen and oxygen atoms in total. The quantitative estimate of drug-likeness (QED) is 0.627. The maximum absolute atomic E-state index is 12.7. The highest BCUT2D eigenvalue weighted by molar-refractivity contribution is 7.13. The molecule has 0 atom stereocenters. The first-order valence-electron chi connectivity index (χ1n) is 8.00. The molecule has 0 bridgehead atoms. The Morgan fingerprint density at radius 1 is 1.23 bits per heavy atom. The first kappa shape index (κ1) is 18.2. The molecule has 2 heterocycles. The summed E-state index contributed by atoms with van der Waals surface area (Å²) in [5.74, 6) is -0.477. The van der Waals surface area contributed by atoms with E-state index in [2.05, 4.69) is 15.5 Å². The molecule has 3 rings (SSSR count). The Morgan fingerprint density at radius 2 is 1.96 bits per heavy atom. The van der Waals surface area contributed by atoms with E-state index >= 15 is 0 Å². The lowest BCUT2D eigenvalue weighted by molar-refractivity contribution is -0.137. The van der Waals surface area contributed by atoms with E-state index < -0.39 is 17.6 Å². The number of hydrogen-bond acceptors (Lipinski definition) is 3. The van der Waals surface area contributed by atoms with Crippen LogP contribution in [0.25, 0.3) is 10.6 Å². The fraction of sp³-hybridized carbons (Fsp3) is 0.222. The van der Waals surface area contributed by atoms with E-state index in [1.807, 2.05) is 24.4 Å². The van der Waals surface area contributed by atoms with Crippen LogP contribution >= 0.6 is 11.3 Å². The molecule has 0 aliphatic rings. The monoisotopic (exact) mass is 379 g/mol. The Labute approximate surface area is 152 Å². The first-order valence-corrected chi connectivity index (χ1v) is 8.88. The molecule has 2 N–H and O–H groups in total. The van der Waals surface area contributed by atoms with Crippen molar-refractivity contribution in [1.29, 1.82) is 0 Å². The molecule has 0 fully saturated rings. The summed E-state index contributed by atoms with van der Waals surface area (Å²) < 4.78 is 38.0. The predicted octanol–water partition coefficient (Wildman–Crippen LogP) is 5.36. The van der Waals surface area contributed by atoms with Crippen molar-refractivity contribution in [3.63, 3.8) is 0 Å². The minimum atomic E-state index is -4.43. The van der Waals surface area contributed by atoms with Crippen LogP contribution < -0.4 is 5.32 Å². The highest BCUT2D eigenvalue weighted by atomic mass is 32.1. The van der Waals surface area contributed by atoms with Crippen molar-refractivity contribution in [2.75, 3.05) is 5.32 Å². The number of anilines is 1. The second-order valence-electron chi connectivity index (χ2n) is 5.68. The smallest absolute Gasteiger partial charge is 0.319 e. The molecule has 0 unspecified atom stereocenters. The van der Waals surface area contributed by atoms with Crippen molar-refractivity contribution in [2.45, 2.75) is 25.9 Å². The number of nitrogens with zero attached hydrogens (tertiary/aromatic N) is 1. The first-order chi connectivity index (χ1) is 12.4. The lowest BCUT2D eigenvalue weighted by Crippen LogP contribution is -2.14. The number of amides is 1. The maximum Gasteiger partial charge on any atom is 0.416 e. The SMILES string of the molecule is CCCc1[nH]nc(-c2cccs2)c1NC(=O)c1ccc(C(F)(F)F)cc1. The molecule has 0 saturated heterocycles. The molecule has 26 heavy (non-hydrogen) atoms.